The molecule has 2 aromatic carbocycles. The van der Waals surface area contributed by atoms with Crippen LogP contribution in [0.2, 0.25) is 0 Å². The Balaban J connectivity index is 2.03. The fourth-order valence-corrected chi connectivity index (χ4v) is 3.23. The zero-order chi connectivity index (χ0) is 19.4. The summed E-state index contributed by atoms with van der Waals surface area (Å²) in [5, 5.41) is 4.62. The first-order valence-electron chi connectivity index (χ1n) is 8.97. The van der Waals surface area contributed by atoms with Crippen molar-refractivity contribution in [2.24, 2.45) is 0 Å². The highest BCUT2D eigenvalue weighted by Gasteiger charge is 2.42. The quantitative estimate of drug-likeness (QED) is 0.618. The van der Waals surface area contributed by atoms with Gasteiger partial charge in [-0.2, -0.15) is 0 Å². The van der Waals surface area contributed by atoms with Gasteiger partial charge in [0.2, 0.25) is 0 Å². The zero-order valence-corrected chi connectivity index (χ0v) is 15.6. The molecule has 1 amide bonds. The molecule has 140 valence electrons. The predicted octanol–water partition coefficient (Wildman–Crippen LogP) is 4.15. The van der Waals surface area contributed by atoms with E-state index in [2.05, 4.69) is 11.9 Å². The molecule has 5 nitrogen and oxygen atoms in total. The van der Waals surface area contributed by atoms with Crippen LogP contribution in [-0.2, 0) is 9.63 Å². The van der Waals surface area contributed by atoms with Crippen LogP contribution in [0.4, 0.5) is 5.69 Å². The van der Waals surface area contributed by atoms with E-state index in [1.54, 1.807) is 32.1 Å². The minimum Gasteiger partial charge on any atom is -0.371 e. The first kappa shape index (κ1) is 18.9. The van der Waals surface area contributed by atoms with Crippen molar-refractivity contribution < 1.29 is 14.4 Å². The standard InChI is InChI=1S/C22H24N2O3/c1-4-14-27-24-19(15-20(25)16-10-6-5-7-11-16)17-12-8-9-13-18(17)23-22(2,3)21(24)26/h4-13,19,23H,1,14-15H2,2-3H3. The van der Waals surface area contributed by atoms with Gasteiger partial charge >= 0.3 is 0 Å². The summed E-state index contributed by atoms with van der Waals surface area (Å²) in [5.41, 5.74) is 1.42. The van der Waals surface area contributed by atoms with Gasteiger partial charge in [0.1, 0.15) is 5.54 Å². The topological polar surface area (TPSA) is 58.6 Å². The molecule has 3 rings (SSSR count). The molecule has 0 aliphatic carbocycles. The highest BCUT2D eigenvalue weighted by molar-refractivity contribution is 5.97. The SMILES string of the molecule is C=CCON1C(=O)C(C)(C)Nc2ccccc2C1CC(=O)c1ccccc1. The normalized spacial score (nSPS) is 18.2. The molecular weight excluding hydrogens is 340 g/mol. The summed E-state index contributed by atoms with van der Waals surface area (Å²) in [5.74, 6) is -0.276. The molecular formula is C22H24N2O3. The molecule has 0 fully saturated rings. The molecule has 1 atom stereocenters. The van der Waals surface area contributed by atoms with E-state index in [0.29, 0.717) is 5.56 Å². The summed E-state index contributed by atoms with van der Waals surface area (Å²) < 4.78 is 0. The van der Waals surface area contributed by atoms with E-state index in [1.807, 2.05) is 42.5 Å². The van der Waals surface area contributed by atoms with Crippen LogP contribution in [0.15, 0.2) is 67.3 Å². The minimum atomic E-state index is -0.873. The lowest BCUT2D eigenvalue weighted by Crippen LogP contribution is -2.49. The fourth-order valence-electron chi connectivity index (χ4n) is 3.23. The van der Waals surface area contributed by atoms with Gasteiger partial charge in [-0.25, -0.2) is 5.06 Å². The van der Waals surface area contributed by atoms with Crippen molar-refractivity contribution in [2.75, 3.05) is 11.9 Å². The molecule has 1 N–H and O–H groups in total. The average Bonchev–Trinajstić information content (AvgIpc) is 2.74. The van der Waals surface area contributed by atoms with Crippen LogP contribution in [0.5, 0.6) is 0 Å². The third kappa shape index (κ3) is 3.93. The lowest BCUT2D eigenvalue weighted by molar-refractivity contribution is -0.199. The van der Waals surface area contributed by atoms with Crippen molar-refractivity contribution in [1.82, 2.24) is 5.06 Å². The van der Waals surface area contributed by atoms with Gasteiger partial charge in [-0.3, -0.25) is 14.4 Å². The monoisotopic (exact) mass is 364 g/mol. The van der Waals surface area contributed by atoms with E-state index >= 15 is 0 Å². The van der Waals surface area contributed by atoms with Gasteiger partial charge in [-0.1, -0.05) is 54.6 Å². The van der Waals surface area contributed by atoms with Crippen molar-refractivity contribution in [3.8, 4) is 0 Å². The smallest absolute Gasteiger partial charge is 0.271 e. The van der Waals surface area contributed by atoms with Crippen LogP contribution in [0.25, 0.3) is 0 Å². The number of hydroxylamine groups is 2. The first-order chi connectivity index (χ1) is 12.9. The number of ketones is 1. The third-order valence-electron chi connectivity index (χ3n) is 4.59. The number of Topliss-reactive ketones (excluding diaryl/α,β-unsaturated/α-hetero) is 1. The molecule has 0 bridgehead atoms. The Kier molecular flexibility index (Phi) is 5.42. The van der Waals surface area contributed by atoms with E-state index in [-0.39, 0.29) is 24.7 Å². The van der Waals surface area contributed by atoms with Gasteiger partial charge in [0.25, 0.3) is 5.91 Å². The van der Waals surface area contributed by atoms with Crippen molar-refractivity contribution in [3.05, 3.63) is 78.4 Å². The van der Waals surface area contributed by atoms with Crippen LogP contribution >= 0.6 is 0 Å². The summed E-state index contributed by atoms with van der Waals surface area (Å²) in [6.07, 6.45) is 1.71. The summed E-state index contributed by atoms with van der Waals surface area (Å²) in [4.78, 5) is 31.8. The van der Waals surface area contributed by atoms with Crippen molar-refractivity contribution >= 4 is 17.4 Å². The van der Waals surface area contributed by atoms with E-state index in [9.17, 15) is 9.59 Å². The Morgan fingerprint density at radius 2 is 1.85 bits per heavy atom. The number of nitrogens with zero attached hydrogens (tertiary/aromatic N) is 1. The number of rotatable bonds is 6. The molecule has 1 heterocycles. The Bertz CT molecular complexity index is 846. The number of para-hydroxylation sites is 1. The molecule has 1 aliphatic rings. The number of nitrogens with one attached hydrogen (secondary N) is 1. The van der Waals surface area contributed by atoms with E-state index in [4.69, 9.17) is 4.84 Å². The number of anilines is 1. The van der Waals surface area contributed by atoms with Crippen LogP contribution in [-0.4, -0.2) is 28.9 Å². The molecule has 1 unspecified atom stereocenters. The second kappa shape index (κ2) is 7.76. The molecule has 0 spiro atoms. The van der Waals surface area contributed by atoms with Crippen LogP contribution in [0.1, 0.15) is 42.2 Å². The Hall–Kier alpha value is -2.92. The lowest BCUT2D eigenvalue weighted by atomic mass is 9.96. The minimum absolute atomic E-state index is 0.0462. The van der Waals surface area contributed by atoms with Gasteiger partial charge < -0.3 is 5.32 Å². The second-order valence-corrected chi connectivity index (χ2v) is 7.06. The number of fused-ring (bicyclic) bond motifs is 1. The number of carbonyl (C=O) groups is 2. The number of hydrogen-bond donors (Lipinski definition) is 1. The van der Waals surface area contributed by atoms with Gasteiger partial charge in [-0.05, 0) is 19.9 Å². The largest absolute Gasteiger partial charge is 0.371 e. The molecule has 0 saturated carbocycles. The van der Waals surface area contributed by atoms with E-state index in [1.165, 1.54) is 5.06 Å². The van der Waals surface area contributed by atoms with Gasteiger partial charge in [0, 0.05) is 23.2 Å². The summed E-state index contributed by atoms with van der Waals surface area (Å²) in [6.45, 7) is 7.45. The Labute approximate surface area is 159 Å². The number of carbonyl (C=O) groups excluding carboxylic acids is 2. The third-order valence-corrected chi connectivity index (χ3v) is 4.59. The molecule has 1 aliphatic heterocycles. The Morgan fingerprint density at radius 1 is 1.19 bits per heavy atom. The first-order valence-corrected chi connectivity index (χ1v) is 8.97. The summed E-state index contributed by atoms with van der Waals surface area (Å²) in [6, 6.07) is 16.2. The molecule has 0 saturated heterocycles. The maximum absolute atomic E-state index is 13.2. The predicted molar refractivity (Wildman–Crippen MR) is 105 cm³/mol. The molecule has 5 heteroatoms. The summed E-state index contributed by atoms with van der Waals surface area (Å²) in [7, 11) is 0. The molecule has 0 radical (unpaired) electrons. The highest BCUT2D eigenvalue weighted by Crippen LogP contribution is 2.37. The fraction of sp³-hybridized carbons (Fsp3) is 0.273. The van der Waals surface area contributed by atoms with E-state index in [0.717, 1.165) is 11.3 Å². The summed E-state index contributed by atoms with van der Waals surface area (Å²) >= 11 is 0. The number of hydrogen-bond acceptors (Lipinski definition) is 4. The van der Waals surface area contributed by atoms with Gasteiger partial charge in [0.05, 0.1) is 12.6 Å². The highest BCUT2D eigenvalue weighted by atomic mass is 16.7. The number of amides is 1. The maximum Gasteiger partial charge on any atom is 0.271 e. The average molecular weight is 364 g/mol. The van der Waals surface area contributed by atoms with E-state index < -0.39 is 11.6 Å². The van der Waals surface area contributed by atoms with Gasteiger partial charge in [-0.15, -0.1) is 6.58 Å². The Morgan fingerprint density at radius 3 is 2.56 bits per heavy atom. The van der Waals surface area contributed by atoms with Crippen molar-refractivity contribution in [3.63, 3.8) is 0 Å². The van der Waals surface area contributed by atoms with Crippen LogP contribution in [0.3, 0.4) is 0 Å². The molecule has 27 heavy (non-hydrogen) atoms. The molecule has 2 aromatic rings. The number of benzene rings is 2. The maximum atomic E-state index is 13.2. The van der Waals surface area contributed by atoms with Crippen LogP contribution in [0, 0.1) is 0 Å². The van der Waals surface area contributed by atoms with Gasteiger partial charge in [0.15, 0.2) is 5.78 Å². The molecule has 0 aromatic heterocycles. The zero-order valence-electron chi connectivity index (χ0n) is 15.6. The van der Waals surface area contributed by atoms with Crippen LogP contribution < -0.4 is 5.32 Å². The van der Waals surface area contributed by atoms with Crippen molar-refractivity contribution in [2.45, 2.75) is 31.8 Å². The second-order valence-electron chi connectivity index (χ2n) is 7.06. The van der Waals surface area contributed by atoms with Crippen molar-refractivity contribution in [1.29, 1.82) is 0 Å². The lowest BCUT2D eigenvalue weighted by Gasteiger charge is -2.32.